The van der Waals surface area contributed by atoms with E-state index in [-0.39, 0.29) is 16.9 Å². The summed E-state index contributed by atoms with van der Waals surface area (Å²) in [5.74, 6) is 3.58. The Kier molecular flexibility index (Phi) is 23.0. The fourth-order valence-corrected chi connectivity index (χ4v) is 7.93. The molecule has 3 rings (SSSR count). The summed E-state index contributed by atoms with van der Waals surface area (Å²) < 4.78 is 11.8. The van der Waals surface area contributed by atoms with Gasteiger partial charge in [0.05, 0.1) is 6.61 Å². The van der Waals surface area contributed by atoms with Gasteiger partial charge in [-0.1, -0.05) is 156 Å². The molecular weight excluding hydrogens is 669 g/mol. The molecule has 0 amide bonds. The number of hydrogen-bond donors (Lipinski definition) is 2. The van der Waals surface area contributed by atoms with E-state index in [1.54, 1.807) is 18.2 Å². The van der Waals surface area contributed by atoms with E-state index in [1.807, 2.05) is 13.8 Å². The number of benzene rings is 2. The molecule has 1 heterocycles. The van der Waals surface area contributed by atoms with Crippen molar-refractivity contribution in [2.75, 3.05) is 6.61 Å². The minimum Gasteiger partial charge on any atom is -0.507 e. The van der Waals surface area contributed by atoms with Crippen molar-refractivity contribution in [2.45, 2.75) is 209 Å². The van der Waals surface area contributed by atoms with Gasteiger partial charge in [-0.3, -0.25) is 0 Å². The monoisotopic (exact) mass is 751 g/mol. The van der Waals surface area contributed by atoms with Crippen LogP contribution in [0.4, 0.5) is 0 Å². The van der Waals surface area contributed by atoms with Crippen LogP contribution in [-0.4, -0.2) is 28.4 Å². The van der Waals surface area contributed by atoms with Gasteiger partial charge in [0.25, 0.3) is 0 Å². The van der Waals surface area contributed by atoms with E-state index in [0.29, 0.717) is 12.4 Å². The van der Waals surface area contributed by atoms with Crippen molar-refractivity contribution in [1.29, 1.82) is 0 Å². The lowest BCUT2D eigenvalue weighted by atomic mass is 9.84. The smallest absolute Gasteiger partial charge is 0.341 e. The fourth-order valence-electron chi connectivity index (χ4n) is 7.93. The van der Waals surface area contributed by atoms with Crippen molar-refractivity contribution in [2.24, 2.45) is 17.8 Å². The van der Waals surface area contributed by atoms with E-state index in [0.717, 1.165) is 72.3 Å². The minimum atomic E-state index is -0.435. The van der Waals surface area contributed by atoms with Crippen molar-refractivity contribution >= 4 is 5.97 Å². The number of hydrogen-bond acceptors (Lipinski definition) is 5. The van der Waals surface area contributed by atoms with Gasteiger partial charge in [0.15, 0.2) is 0 Å². The average Bonchev–Trinajstić information content (AvgIpc) is 3.13. The Bertz CT molecular complexity index is 1330. The van der Waals surface area contributed by atoms with Crippen LogP contribution in [0.5, 0.6) is 17.2 Å². The van der Waals surface area contributed by atoms with Crippen molar-refractivity contribution in [3.05, 3.63) is 52.1 Å². The van der Waals surface area contributed by atoms with Crippen LogP contribution in [0.15, 0.2) is 24.3 Å². The third-order valence-corrected chi connectivity index (χ3v) is 12.0. The lowest BCUT2D eigenvalue weighted by Crippen LogP contribution is -2.37. The van der Waals surface area contributed by atoms with Gasteiger partial charge in [0.1, 0.15) is 28.4 Å². The lowest BCUT2D eigenvalue weighted by Gasteiger charge is -2.38. The first-order chi connectivity index (χ1) is 25.8. The largest absolute Gasteiger partial charge is 0.507 e. The standard InChI is InChI=1S/C29H50O2.C20H32O3/c1-20(2)12-9-13-21(3)14-10-15-22(4)16-11-18-29(8)19-17-26-25(7)27(30)23(5)24(6)28(26)31-29;1-2-3-4-5-6-7-8-9-10-11-14-17-23-20(22)18-15-12-13-16-19(18)21/h20-22,30H,9-19H2,1-8H3;12-13,15-16,21H,2-11,14,17H2,1H3/t21?,22?,29-;/m1./s1. The van der Waals surface area contributed by atoms with Crippen LogP contribution < -0.4 is 4.74 Å². The van der Waals surface area contributed by atoms with Crippen LogP contribution in [0.3, 0.4) is 0 Å². The Morgan fingerprint density at radius 1 is 0.722 bits per heavy atom. The molecule has 0 bridgehead atoms. The Labute approximate surface area is 332 Å². The van der Waals surface area contributed by atoms with Gasteiger partial charge in [0, 0.05) is 5.56 Å². The summed E-state index contributed by atoms with van der Waals surface area (Å²) in [5, 5.41) is 20.0. The molecule has 0 aliphatic carbocycles. The molecule has 0 aromatic heterocycles. The maximum atomic E-state index is 11.8. The second-order valence-electron chi connectivity index (χ2n) is 17.6. The summed E-state index contributed by atoms with van der Waals surface area (Å²) in [5.41, 5.74) is 4.47. The van der Waals surface area contributed by atoms with Crippen LogP contribution in [0.1, 0.15) is 209 Å². The predicted molar refractivity (Wildman–Crippen MR) is 229 cm³/mol. The second-order valence-corrected chi connectivity index (χ2v) is 17.6. The summed E-state index contributed by atoms with van der Waals surface area (Å²) in [6, 6.07) is 6.49. The number of unbranched alkanes of at least 4 members (excludes halogenated alkanes) is 10. The Morgan fingerprint density at radius 2 is 1.26 bits per heavy atom. The van der Waals surface area contributed by atoms with E-state index in [4.69, 9.17) is 9.47 Å². The van der Waals surface area contributed by atoms with Gasteiger partial charge < -0.3 is 19.7 Å². The van der Waals surface area contributed by atoms with E-state index in [2.05, 4.69) is 48.5 Å². The number of fused-ring (bicyclic) bond motifs is 1. The van der Waals surface area contributed by atoms with Crippen LogP contribution in [-0.2, 0) is 11.2 Å². The Hall–Kier alpha value is -2.69. The third kappa shape index (κ3) is 17.8. The van der Waals surface area contributed by atoms with Gasteiger partial charge in [0.2, 0.25) is 0 Å². The number of para-hydroxylation sites is 1. The van der Waals surface area contributed by atoms with E-state index < -0.39 is 5.97 Å². The molecule has 3 atom stereocenters. The summed E-state index contributed by atoms with van der Waals surface area (Å²) in [6.45, 7) is 20.6. The zero-order valence-electron chi connectivity index (χ0n) is 36.4. The van der Waals surface area contributed by atoms with Crippen LogP contribution >= 0.6 is 0 Å². The molecule has 0 radical (unpaired) electrons. The predicted octanol–water partition coefficient (Wildman–Crippen LogP) is 14.7. The molecule has 0 saturated carbocycles. The number of esters is 1. The zero-order chi connectivity index (χ0) is 39.9. The molecule has 2 aromatic carbocycles. The van der Waals surface area contributed by atoms with Crippen LogP contribution in [0.2, 0.25) is 0 Å². The first-order valence-corrected chi connectivity index (χ1v) is 22.2. The van der Waals surface area contributed by atoms with Gasteiger partial charge in [-0.2, -0.15) is 0 Å². The van der Waals surface area contributed by atoms with Gasteiger partial charge >= 0.3 is 5.97 Å². The van der Waals surface area contributed by atoms with Crippen molar-refractivity contribution < 1.29 is 24.5 Å². The van der Waals surface area contributed by atoms with Crippen LogP contribution in [0, 0.1) is 38.5 Å². The Balaban J connectivity index is 0.000000391. The summed E-state index contributed by atoms with van der Waals surface area (Å²) in [7, 11) is 0. The second kappa shape index (κ2) is 26.2. The summed E-state index contributed by atoms with van der Waals surface area (Å²) in [4.78, 5) is 11.8. The highest BCUT2D eigenvalue weighted by Gasteiger charge is 2.34. The number of phenolic OH excluding ortho intramolecular Hbond substituents is 2. The van der Waals surface area contributed by atoms with Gasteiger partial charge in [-0.15, -0.1) is 0 Å². The molecule has 5 nitrogen and oxygen atoms in total. The van der Waals surface area contributed by atoms with E-state index in [1.165, 1.54) is 121 Å². The molecule has 0 spiro atoms. The summed E-state index contributed by atoms with van der Waals surface area (Å²) in [6.07, 6.45) is 28.1. The number of rotatable bonds is 25. The highest BCUT2D eigenvalue weighted by molar-refractivity contribution is 5.92. The Morgan fingerprint density at radius 3 is 1.83 bits per heavy atom. The maximum absolute atomic E-state index is 11.8. The third-order valence-electron chi connectivity index (χ3n) is 12.0. The normalized spacial score (nSPS) is 16.3. The lowest BCUT2D eigenvalue weighted by molar-refractivity contribution is 0.0493. The first-order valence-electron chi connectivity index (χ1n) is 22.2. The maximum Gasteiger partial charge on any atom is 0.341 e. The number of aromatic hydroxyl groups is 2. The highest BCUT2D eigenvalue weighted by atomic mass is 16.5. The molecule has 2 aromatic rings. The highest BCUT2D eigenvalue weighted by Crippen LogP contribution is 2.44. The first kappa shape index (κ1) is 47.5. The topological polar surface area (TPSA) is 76.0 Å². The quantitative estimate of drug-likeness (QED) is 0.0780. The molecule has 0 fully saturated rings. The number of carbonyl (C=O) groups excluding carboxylic acids is 1. The molecule has 308 valence electrons. The molecule has 54 heavy (non-hydrogen) atoms. The summed E-state index contributed by atoms with van der Waals surface area (Å²) >= 11 is 0. The average molecular weight is 751 g/mol. The van der Waals surface area contributed by atoms with Crippen molar-refractivity contribution in [3.8, 4) is 17.2 Å². The van der Waals surface area contributed by atoms with Gasteiger partial charge in [-0.05, 0) is 106 Å². The number of phenols is 2. The molecule has 0 saturated heterocycles. The van der Waals surface area contributed by atoms with Gasteiger partial charge in [-0.25, -0.2) is 4.79 Å². The van der Waals surface area contributed by atoms with Crippen molar-refractivity contribution in [1.82, 2.24) is 0 Å². The number of ether oxygens (including phenoxy) is 2. The van der Waals surface area contributed by atoms with Crippen molar-refractivity contribution in [3.63, 3.8) is 0 Å². The minimum absolute atomic E-state index is 0.0172. The number of carbonyl (C=O) groups is 1. The molecule has 2 N–H and O–H groups in total. The fraction of sp³-hybridized carbons (Fsp3) is 0.735. The molecule has 2 unspecified atom stereocenters. The zero-order valence-corrected chi connectivity index (χ0v) is 36.4. The van der Waals surface area contributed by atoms with E-state index in [9.17, 15) is 15.0 Å². The van der Waals surface area contributed by atoms with Crippen LogP contribution in [0.25, 0.3) is 0 Å². The molecule has 5 heteroatoms. The van der Waals surface area contributed by atoms with E-state index >= 15 is 0 Å². The SMILES string of the molecule is CCCCCCCCCCCCCOC(=O)c1ccccc1O.Cc1c(C)c2c(c(C)c1O)CC[C@@](C)(CCCC(C)CCCC(C)CCCC(C)C)O2. The molecular formula is C49H82O5. The molecule has 1 aliphatic heterocycles. The molecule has 1 aliphatic rings.